The van der Waals surface area contributed by atoms with E-state index in [4.69, 9.17) is 4.74 Å². The van der Waals surface area contributed by atoms with E-state index < -0.39 is 0 Å². The maximum absolute atomic E-state index is 5.15. The SMILES string of the molecule is CNCc1ccc(C2COC2)cc1. The Morgan fingerprint density at radius 2 is 2.00 bits per heavy atom. The first-order valence-corrected chi connectivity index (χ1v) is 4.71. The lowest BCUT2D eigenvalue weighted by Crippen LogP contribution is -2.24. The minimum absolute atomic E-state index is 0.642. The Balaban J connectivity index is 2.04. The van der Waals surface area contributed by atoms with Crippen LogP contribution in [-0.2, 0) is 11.3 Å². The molecule has 2 rings (SSSR count). The predicted molar refractivity (Wildman–Crippen MR) is 52.8 cm³/mol. The standard InChI is InChI=1S/C11H15NO/c1-12-6-9-2-4-10(5-3-9)11-7-13-8-11/h2-5,11-12H,6-8H2,1H3. The molecule has 1 aliphatic rings. The average Bonchev–Trinajstić information content (AvgIpc) is 2.06. The lowest BCUT2D eigenvalue weighted by molar-refractivity contribution is 0.00842. The van der Waals surface area contributed by atoms with Gasteiger partial charge in [0.25, 0.3) is 0 Å². The van der Waals surface area contributed by atoms with Gasteiger partial charge in [-0.15, -0.1) is 0 Å². The van der Waals surface area contributed by atoms with Crippen LogP contribution in [0.15, 0.2) is 24.3 Å². The summed E-state index contributed by atoms with van der Waals surface area (Å²) in [6, 6.07) is 8.79. The van der Waals surface area contributed by atoms with Gasteiger partial charge >= 0.3 is 0 Å². The van der Waals surface area contributed by atoms with E-state index in [2.05, 4.69) is 29.6 Å². The summed E-state index contributed by atoms with van der Waals surface area (Å²) in [6.45, 7) is 2.73. The van der Waals surface area contributed by atoms with Crippen molar-refractivity contribution in [2.24, 2.45) is 0 Å². The second-order valence-corrected chi connectivity index (χ2v) is 3.51. The van der Waals surface area contributed by atoms with Gasteiger partial charge in [-0.3, -0.25) is 0 Å². The van der Waals surface area contributed by atoms with Gasteiger partial charge in [0.15, 0.2) is 0 Å². The molecular formula is C11H15NO. The largest absolute Gasteiger partial charge is 0.380 e. The van der Waals surface area contributed by atoms with Crippen LogP contribution in [0.3, 0.4) is 0 Å². The van der Waals surface area contributed by atoms with Crippen molar-refractivity contribution in [1.29, 1.82) is 0 Å². The normalized spacial score (nSPS) is 17.0. The maximum Gasteiger partial charge on any atom is 0.0557 e. The first-order valence-electron chi connectivity index (χ1n) is 4.71. The van der Waals surface area contributed by atoms with Crippen LogP contribution in [-0.4, -0.2) is 20.3 Å². The van der Waals surface area contributed by atoms with Gasteiger partial charge < -0.3 is 10.1 Å². The van der Waals surface area contributed by atoms with Crippen molar-refractivity contribution in [1.82, 2.24) is 5.32 Å². The summed E-state index contributed by atoms with van der Waals surface area (Å²) in [5.74, 6) is 0.642. The van der Waals surface area contributed by atoms with E-state index in [-0.39, 0.29) is 0 Å². The first-order chi connectivity index (χ1) is 6.40. The van der Waals surface area contributed by atoms with Gasteiger partial charge in [-0.25, -0.2) is 0 Å². The lowest BCUT2D eigenvalue weighted by Gasteiger charge is -2.26. The quantitative estimate of drug-likeness (QED) is 0.755. The third kappa shape index (κ3) is 1.90. The summed E-state index contributed by atoms with van der Waals surface area (Å²) < 4.78 is 5.15. The molecular weight excluding hydrogens is 162 g/mol. The number of rotatable bonds is 3. The van der Waals surface area contributed by atoms with E-state index in [1.165, 1.54) is 11.1 Å². The maximum atomic E-state index is 5.15. The molecule has 0 aliphatic carbocycles. The van der Waals surface area contributed by atoms with E-state index in [0.29, 0.717) is 5.92 Å². The minimum atomic E-state index is 0.642. The molecule has 0 atom stereocenters. The second-order valence-electron chi connectivity index (χ2n) is 3.51. The van der Waals surface area contributed by atoms with E-state index in [0.717, 1.165) is 19.8 Å². The molecule has 1 heterocycles. The van der Waals surface area contributed by atoms with Crippen molar-refractivity contribution < 1.29 is 4.74 Å². The summed E-state index contributed by atoms with van der Waals surface area (Å²) in [4.78, 5) is 0. The lowest BCUT2D eigenvalue weighted by atomic mass is 9.97. The molecule has 2 nitrogen and oxygen atoms in total. The van der Waals surface area contributed by atoms with Crippen LogP contribution in [0.4, 0.5) is 0 Å². The molecule has 70 valence electrons. The molecule has 2 heteroatoms. The Labute approximate surface area is 78.9 Å². The highest BCUT2D eigenvalue weighted by molar-refractivity contribution is 5.26. The molecule has 1 aromatic rings. The Morgan fingerprint density at radius 1 is 1.31 bits per heavy atom. The molecule has 0 unspecified atom stereocenters. The van der Waals surface area contributed by atoms with Crippen LogP contribution in [0.5, 0.6) is 0 Å². The molecule has 1 aliphatic heterocycles. The summed E-state index contributed by atoms with van der Waals surface area (Å²) in [5, 5.41) is 3.14. The summed E-state index contributed by atoms with van der Waals surface area (Å²) >= 11 is 0. The van der Waals surface area contributed by atoms with Crippen molar-refractivity contribution >= 4 is 0 Å². The van der Waals surface area contributed by atoms with E-state index in [9.17, 15) is 0 Å². The fraction of sp³-hybridized carbons (Fsp3) is 0.455. The minimum Gasteiger partial charge on any atom is -0.380 e. The van der Waals surface area contributed by atoms with Gasteiger partial charge in [0, 0.05) is 12.5 Å². The summed E-state index contributed by atoms with van der Waals surface area (Å²) in [7, 11) is 1.97. The van der Waals surface area contributed by atoms with Gasteiger partial charge in [-0.2, -0.15) is 0 Å². The molecule has 0 spiro atoms. The third-order valence-electron chi connectivity index (χ3n) is 2.47. The van der Waals surface area contributed by atoms with Crippen molar-refractivity contribution in [3.05, 3.63) is 35.4 Å². The van der Waals surface area contributed by atoms with Crippen molar-refractivity contribution in [2.75, 3.05) is 20.3 Å². The molecule has 0 radical (unpaired) electrons. The van der Waals surface area contributed by atoms with Gasteiger partial charge in [0.2, 0.25) is 0 Å². The molecule has 1 aromatic carbocycles. The molecule has 1 N–H and O–H groups in total. The molecule has 1 saturated heterocycles. The van der Waals surface area contributed by atoms with Gasteiger partial charge in [0.05, 0.1) is 13.2 Å². The number of nitrogens with one attached hydrogen (secondary N) is 1. The zero-order valence-electron chi connectivity index (χ0n) is 7.92. The fourth-order valence-electron chi connectivity index (χ4n) is 1.54. The molecule has 13 heavy (non-hydrogen) atoms. The monoisotopic (exact) mass is 177 g/mol. The Kier molecular flexibility index (Phi) is 2.62. The smallest absolute Gasteiger partial charge is 0.0557 e. The topological polar surface area (TPSA) is 21.3 Å². The van der Waals surface area contributed by atoms with Gasteiger partial charge in [0.1, 0.15) is 0 Å². The highest BCUT2D eigenvalue weighted by atomic mass is 16.5. The summed E-state index contributed by atoms with van der Waals surface area (Å²) in [5.41, 5.74) is 2.75. The Morgan fingerprint density at radius 3 is 2.46 bits per heavy atom. The summed E-state index contributed by atoms with van der Waals surface area (Å²) in [6.07, 6.45) is 0. The first kappa shape index (κ1) is 8.73. The van der Waals surface area contributed by atoms with Crippen molar-refractivity contribution in [3.8, 4) is 0 Å². The Bertz CT molecular complexity index is 264. The van der Waals surface area contributed by atoms with Crippen molar-refractivity contribution in [3.63, 3.8) is 0 Å². The molecule has 1 fully saturated rings. The van der Waals surface area contributed by atoms with Crippen molar-refractivity contribution in [2.45, 2.75) is 12.5 Å². The van der Waals surface area contributed by atoms with E-state index in [1.54, 1.807) is 0 Å². The zero-order chi connectivity index (χ0) is 9.10. The molecule has 0 bridgehead atoms. The van der Waals surface area contributed by atoms with Crippen LogP contribution in [0, 0.1) is 0 Å². The Hall–Kier alpha value is -0.860. The zero-order valence-corrected chi connectivity index (χ0v) is 7.92. The number of hydrogen-bond acceptors (Lipinski definition) is 2. The van der Waals surface area contributed by atoms with Gasteiger partial charge in [-0.05, 0) is 18.2 Å². The third-order valence-corrected chi connectivity index (χ3v) is 2.47. The van der Waals surface area contributed by atoms with E-state index >= 15 is 0 Å². The highest BCUT2D eigenvalue weighted by Gasteiger charge is 2.19. The predicted octanol–water partition coefficient (Wildman–Crippen LogP) is 1.52. The second kappa shape index (κ2) is 3.90. The molecule has 0 amide bonds. The number of ether oxygens (including phenoxy) is 1. The van der Waals surface area contributed by atoms with Crippen LogP contribution in [0.25, 0.3) is 0 Å². The molecule has 0 saturated carbocycles. The fourth-order valence-corrected chi connectivity index (χ4v) is 1.54. The number of hydrogen-bond donors (Lipinski definition) is 1. The van der Waals surface area contributed by atoms with Crippen LogP contribution in [0.2, 0.25) is 0 Å². The van der Waals surface area contributed by atoms with Crippen LogP contribution in [0.1, 0.15) is 17.0 Å². The van der Waals surface area contributed by atoms with E-state index in [1.807, 2.05) is 7.05 Å². The van der Waals surface area contributed by atoms with Crippen LogP contribution >= 0.6 is 0 Å². The number of benzene rings is 1. The van der Waals surface area contributed by atoms with Crippen LogP contribution < -0.4 is 5.32 Å². The molecule has 0 aromatic heterocycles. The highest BCUT2D eigenvalue weighted by Crippen LogP contribution is 2.23. The van der Waals surface area contributed by atoms with Gasteiger partial charge in [-0.1, -0.05) is 24.3 Å². The average molecular weight is 177 g/mol.